The molecular weight excluding hydrogens is 338 g/mol. The van der Waals surface area contributed by atoms with E-state index >= 15 is 0 Å². The number of carboxylic acids is 1. The van der Waals surface area contributed by atoms with Gasteiger partial charge in [0.05, 0.1) is 10.5 Å². The van der Waals surface area contributed by atoms with Gasteiger partial charge >= 0.3 is 5.97 Å². The zero-order chi connectivity index (χ0) is 14.8. The van der Waals surface area contributed by atoms with Gasteiger partial charge in [0.1, 0.15) is 5.25 Å². The molecule has 8 heteroatoms. The lowest BCUT2D eigenvalue weighted by Crippen LogP contribution is -2.35. The first kappa shape index (κ1) is 15.6. The fourth-order valence-corrected chi connectivity index (χ4v) is 3.61. The zero-order valence-electron chi connectivity index (χ0n) is 9.96. The van der Waals surface area contributed by atoms with E-state index in [0.29, 0.717) is 0 Å². The second-order valence-corrected chi connectivity index (χ2v) is 6.78. The van der Waals surface area contributed by atoms with Crippen LogP contribution in [-0.2, 0) is 14.6 Å². The fourth-order valence-electron chi connectivity index (χ4n) is 1.58. The van der Waals surface area contributed by atoms with Crippen molar-refractivity contribution >= 4 is 37.6 Å². The lowest BCUT2D eigenvalue weighted by atomic mass is 10.2. The van der Waals surface area contributed by atoms with Crippen LogP contribution in [0.15, 0.2) is 27.6 Å². The number of amides is 1. The highest BCUT2D eigenvalue weighted by Gasteiger charge is 2.31. The second kappa shape index (κ2) is 5.70. The molecule has 6 nitrogen and oxygen atoms in total. The minimum absolute atomic E-state index is 0.0239. The maximum Gasteiger partial charge on any atom is 0.336 e. The van der Waals surface area contributed by atoms with E-state index in [4.69, 9.17) is 10.8 Å². The predicted octanol–water partition coefficient (Wildman–Crippen LogP) is 1.18. The normalized spacial score (nSPS) is 12.9. The van der Waals surface area contributed by atoms with Crippen LogP contribution < -0.4 is 5.73 Å². The molecule has 0 saturated carbocycles. The molecule has 3 N–H and O–H groups in total. The van der Waals surface area contributed by atoms with Crippen molar-refractivity contribution in [3.63, 3.8) is 0 Å². The Morgan fingerprint density at radius 1 is 1.42 bits per heavy atom. The van der Waals surface area contributed by atoms with Crippen LogP contribution in [0.25, 0.3) is 0 Å². The molecule has 1 unspecified atom stereocenters. The van der Waals surface area contributed by atoms with Crippen LogP contribution >= 0.6 is 15.9 Å². The molecule has 0 saturated heterocycles. The molecule has 0 aliphatic rings. The minimum atomic E-state index is -3.98. The maximum absolute atomic E-state index is 12.2. The van der Waals surface area contributed by atoms with Crippen molar-refractivity contribution in [1.82, 2.24) is 0 Å². The van der Waals surface area contributed by atoms with Gasteiger partial charge in [0.15, 0.2) is 9.84 Å². The van der Waals surface area contributed by atoms with Crippen LogP contribution in [0.3, 0.4) is 0 Å². The lowest BCUT2D eigenvalue weighted by molar-refractivity contribution is -0.117. The van der Waals surface area contributed by atoms with Crippen LogP contribution in [0.4, 0.5) is 0 Å². The van der Waals surface area contributed by atoms with E-state index in [2.05, 4.69) is 15.9 Å². The smallest absolute Gasteiger partial charge is 0.336 e. The van der Waals surface area contributed by atoms with Crippen LogP contribution in [-0.4, -0.2) is 30.7 Å². The van der Waals surface area contributed by atoms with Crippen LogP contribution in [0.1, 0.15) is 23.7 Å². The number of aromatic carboxylic acids is 1. The average Bonchev–Trinajstić information content (AvgIpc) is 2.28. The molecule has 0 aliphatic heterocycles. The second-order valence-electron chi connectivity index (χ2n) is 3.79. The molecule has 0 fully saturated rings. The van der Waals surface area contributed by atoms with E-state index in [-0.39, 0.29) is 21.4 Å². The summed E-state index contributed by atoms with van der Waals surface area (Å²) in [4.78, 5) is 21.9. The van der Waals surface area contributed by atoms with E-state index in [1.165, 1.54) is 19.1 Å². The Morgan fingerprint density at radius 3 is 2.42 bits per heavy atom. The number of hydrogen-bond donors (Lipinski definition) is 2. The van der Waals surface area contributed by atoms with Crippen molar-refractivity contribution in [3.05, 3.63) is 28.2 Å². The largest absolute Gasteiger partial charge is 0.478 e. The standard InChI is InChI=1S/C11H12BrNO5S/c1-2-9(10(13)14)19(17,18)6-3-4-8(12)7(5-6)11(15)16/h3-5,9H,2H2,1H3,(H2,13,14)(H,15,16). The summed E-state index contributed by atoms with van der Waals surface area (Å²) in [6.07, 6.45) is 0.0239. The summed E-state index contributed by atoms with van der Waals surface area (Å²) in [5, 5.41) is 7.58. The average molecular weight is 350 g/mol. The van der Waals surface area contributed by atoms with E-state index in [9.17, 15) is 18.0 Å². The molecule has 1 atom stereocenters. The maximum atomic E-state index is 12.2. The molecule has 0 aliphatic carbocycles. The summed E-state index contributed by atoms with van der Waals surface area (Å²) in [6.45, 7) is 1.52. The summed E-state index contributed by atoms with van der Waals surface area (Å²) in [5.74, 6) is -2.22. The van der Waals surface area contributed by atoms with E-state index in [1.54, 1.807) is 0 Å². The van der Waals surface area contributed by atoms with Crippen molar-refractivity contribution in [2.24, 2.45) is 5.73 Å². The Hall–Kier alpha value is -1.41. The number of benzene rings is 1. The van der Waals surface area contributed by atoms with E-state index in [1.807, 2.05) is 0 Å². The predicted molar refractivity (Wildman–Crippen MR) is 71.6 cm³/mol. The van der Waals surface area contributed by atoms with Crippen molar-refractivity contribution in [2.75, 3.05) is 0 Å². The van der Waals surface area contributed by atoms with Crippen molar-refractivity contribution < 1.29 is 23.1 Å². The number of sulfone groups is 1. The molecule has 1 amide bonds. The molecule has 0 bridgehead atoms. The van der Waals surface area contributed by atoms with E-state index < -0.39 is 27.0 Å². The summed E-state index contributed by atoms with van der Waals surface area (Å²) in [5.41, 5.74) is 4.86. The summed E-state index contributed by atoms with van der Waals surface area (Å²) >= 11 is 3.01. The van der Waals surface area contributed by atoms with Crippen molar-refractivity contribution in [1.29, 1.82) is 0 Å². The molecule has 1 aromatic rings. The summed E-state index contributed by atoms with van der Waals surface area (Å²) in [7, 11) is -3.98. The molecule has 0 heterocycles. The van der Waals surface area contributed by atoms with Gasteiger partial charge in [0, 0.05) is 4.47 Å². The Kier molecular flexibility index (Phi) is 4.70. The number of carbonyl (C=O) groups is 2. The first-order chi connectivity index (χ1) is 8.71. The number of rotatable bonds is 5. The fraction of sp³-hybridized carbons (Fsp3) is 0.273. The lowest BCUT2D eigenvalue weighted by Gasteiger charge is -2.13. The third-order valence-electron chi connectivity index (χ3n) is 2.56. The summed E-state index contributed by atoms with van der Waals surface area (Å²) in [6, 6.07) is 3.55. The molecule has 104 valence electrons. The Bertz CT molecular complexity index is 626. The molecule has 1 aromatic carbocycles. The third-order valence-corrected chi connectivity index (χ3v) is 5.48. The molecule has 0 radical (unpaired) electrons. The van der Waals surface area contributed by atoms with Gasteiger partial charge < -0.3 is 10.8 Å². The number of carbonyl (C=O) groups excluding carboxylic acids is 1. The third kappa shape index (κ3) is 3.13. The van der Waals surface area contributed by atoms with Gasteiger partial charge in [0.25, 0.3) is 0 Å². The minimum Gasteiger partial charge on any atom is -0.478 e. The van der Waals surface area contributed by atoms with Crippen LogP contribution in [0.5, 0.6) is 0 Å². The highest BCUT2D eigenvalue weighted by Crippen LogP contribution is 2.24. The van der Waals surface area contributed by atoms with Gasteiger partial charge in [0.2, 0.25) is 5.91 Å². The molecule has 19 heavy (non-hydrogen) atoms. The SMILES string of the molecule is CCC(C(N)=O)S(=O)(=O)c1ccc(Br)c(C(=O)O)c1. The zero-order valence-corrected chi connectivity index (χ0v) is 12.4. The monoisotopic (exact) mass is 349 g/mol. The summed E-state index contributed by atoms with van der Waals surface area (Å²) < 4.78 is 24.6. The van der Waals surface area contributed by atoms with Gasteiger partial charge in [-0.05, 0) is 40.5 Å². The number of hydrogen-bond acceptors (Lipinski definition) is 4. The number of primary amides is 1. The molecule has 1 rings (SSSR count). The van der Waals surface area contributed by atoms with Gasteiger partial charge in [-0.1, -0.05) is 6.92 Å². The number of nitrogens with two attached hydrogens (primary N) is 1. The van der Waals surface area contributed by atoms with Gasteiger partial charge in [-0.3, -0.25) is 4.79 Å². The molecule has 0 spiro atoms. The molecule has 0 aromatic heterocycles. The van der Waals surface area contributed by atoms with E-state index in [0.717, 1.165) is 6.07 Å². The first-order valence-corrected chi connectivity index (χ1v) is 7.61. The van der Waals surface area contributed by atoms with Gasteiger partial charge in [-0.15, -0.1) is 0 Å². The number of carboxylic acid groups (broad SMARTS) is 1. The highest BCUT2D eigenvalue weighted by atomic mass is 79.9. The first-order valence-electron chi connectivity index (χ1n) is 5.27. The highest BCUT2D eigenvalue weighted by molar-refractivity contribution is 9.10. The Balaban J connectivity index is 3.41. The van der Waals surface area contributed by atoms with Gasteiger partial charge in [-0.2, -0.15) is 0 Å². The Labute approximate surface area is 118 Å². The van der Waals surface area contributed by atoms with Gasteiger partial charge in [-0.25, -0.2) is 13.2 Å². The molecular formula is C11H12BrNO5S. The van der Waals surface area contributed by atoms with Crippen LogP contribution in [0.2, 0.25) is 0 Å². The quantitative estimate of drug-likeness (QED) is 0.828. The van der Waals surface area contributed by atoms with Crippen molar-refractivity contribution in [2.45, 2.75) is 23.5 Å². The Morgan fingerprint density at radius 2 is 2.00 bits per heavy atom. The van der Waals surface area contributed by atoms with Crippen molar-refractivity contribution in [3.8, 4) is 0 Å². The number of halogens is 1. The topological polar surface area (TPSA) is 115 Å². The van der Waals surface area contributed by atoms with Crippen LogP contribution in [0, 0.1) is 0 Å².